The maximum atomic E-state index is 11.9. The fourth-order valence-corrected chi connectivity index (χ4v) is 3.63. The van der Waals surface area contributed by atoms with Crippen molar-refractivity contribution in [1.29, 1.82) is 0 Å². The van der Waals surface area contributed by atoms with E-state index in [0.29, 0.717) is 29.2 Å². The van der Waals surface area contributed by atoms with E-state index < -0.39 is 17.9 Å². The molecule has 0 bridgehead atoms. The number of carboxylic acids is 2. The van der Waals surface area contributed by atoms with Gasteiger partial charge in [0.05, 0.1) is 17.1 Å². The van der Waals surface area contributed by atoms with Crippen molar-refractivity contribution >= 4 is 23.5 Å². The first-order chi connectivity index (χ1) is 10.9. The van der Waals surface area contributed by atoms with Crippen LogP contribution >= 0.6 is 11.6 Å². The molecule has 0 aliphatic carbocycles. The first-order valence-electron chi connectivity index (χ1n) is 7.35. The summed E-state index contributed by atoms with van der Waals surface area (Å²) in [7, 11) is 0. The topological polar surface area (TPSA) is 77.8 Å². The van der Waals surface area contributed by atoms with Crippen molar-refractivity contribution in [2.75, 3.05) is 6.54 Å². The summed E-state index contributed by atoms with van der Waals surface area (Å²) in [5.41, 5.74) is 2.25. The molecule has 0 saturated carbocycles. The Morgan fingerprint density at radius 1 is 1.13 bits per heavy atom. The molecule has 1 saturated heterocycles. The number of carboxylic acid groups (broad SMARTS) is 2. The summed E-state index contributed by atoms with van der Waals surface area (Å²) in [6, 6.07) is 6.68. The molecule has 2 aliphatic rings. The summed E-state index contributed by atoms with van der Waals surface area (Å²) in [4.78, 5) is 25.6. The molecule has 0 amide bonds. The Morgan fingerprint density at radius 3 is 2.30 bits per heavy atom. The van der Waals surface area contributed by atoms with E-state index >= 15 is 0 Å². The maximum Gasteiger partial charge on any atom is 0.334 e. The molecule has 1 atom stereocenters. The van der Waals surface area contributed by atoms with Gasteiger partial charge in [0.1, 0.15) is 0 Å². The molecule has 3 rings (SSSR count). The maximum absolute atomic E-state index is 11.9. The van der Waals surface area contributed by atoms with Crippen molar-refractivity contribution in [3.05, 3.63) is 57.4 Å². The van der Waals surface area contributed by atoms with Gasteiger partial charge in [-0.05, 0) is 37.5 Å². The van der Waals surface area contributed by atoms with E-state index in [4.69, 9.17) is 11.6 Å². The number of hydrogen-bond acceptors (Lipinski definition) is 3. The van der Waals surface area contributed by atoms with Gasteiger partial charge in [-0.15, -0.1) is 0 Å². The lowest BCUT2D eigenvalue weighted by molar-refractivity contribution is -0.133. The molecule has 2 heterocycles. The van der Waals surface area contributed by atoms with Crippen molar-refractivity contribution in [2.24, 2.45) is 0 Å². The van der Waals surface area contributed by atoms with Crippen LogP contribution in [0.5, 0.6) is 0 Å². The molecule has 120 valence electrons. The molecule has 0 aromatic heterocycles. The summed E-state index contributed by atoms with van der Waals surface area (Å²) in [5, 5.41) is 19.9. The fourth-order valence-electron chi connectivity index (χ4n) is 3.50. The zero-order valence-corrected chi connectivity index (χ0v) is 13.3. The SMILES string of the molecule is CC1=C(C(=O)O)C(c2ccc(Cl)cc2)C(C(=O)O)=C2CCCN12. The second-order valence-electron chi connectivity index (χ2n) is 5.71. The number of rotatable bonds is 3. The smallest absolute Gasteiger partial charge is 0.334 e. The van der Waals surface area contributed by atoms with E-state index in [-0.39, 0.29) is 11.1 Å². The lowest BCUT2D eigenvalue weighted by Gasteiger charge is -2.34. The lowest BCUT2D eigenvalue weighted by Crippen LogP contribution is -2.32. The molecule has 1 aromatic carbocycles. The fraction of sp³-hybridized carbons (Fsp3) is 0.294. The van der Waals surface area contributed by atoms with Crippen molar-refractivity contribution in [1.82, 2.24) is 4.90 Å². The zero-order chi connectivity index (χ0) is 16.7. The van der Waals surface area contributed by atoms with Crippen LogP contribution < -0.4 is 0 Å². The number of allylic oxidation sites excluding steroid dienone is 2. The molecule has 5 nitrogen and oxygen atoms in total. The summed E-state index contributed by atoms with van der Waals surface area (Å²) in [6.45, 7) is 2.40. The highest BCUT2D eigenvalue weighted by molar-refractivity contribution is 6.30. The van der Waals surface area contributed by atoms with Gasteiger partial charge in [0.15, 0.2) is 0 Å². The van der Waals surface area contributed by atoms with Crippen LogP contribution in [-0.4, -0.2) is 33.6 Å². The third-order valence-electron chi connectivity index (χ3n) is 4.47. The Hall–Kier alpha value is -2.27. The van der Waals surface area contributed by atoms with E-state index in [0.717, 1.165) is 12.1 Å². The van der Waals surface area contributed by atoms with Crippen LogP contribution in [-0.2, 0) is 9.59 Å². The van der Waals surface area contributed by atoms with E-state index in [1.165, 1.54) is 0 Å². The second kappa shape index (κ2) is 5.74. The number of fused-ring (bicyclic) bond motifs is 1. The molecule has 2 N–H and O–H groups in total. The molecule has 1 unspecified atom stereocenters. The van der Waals surface area contributed by atoms with Gasteiger partial charge in [-0.2, -0.15) is 0 Å². The minimum atomic E-state index is -1.09. The van der Waals surface area contributed by atoms with Crippen LogP contribution in [0.1, 0.15) is 31.2 Å². The predicted octanol–water partition coefficient (Wildman–Crippen LogP) is 3.23. The minimum Gasteiger partial charge on any atom is -0.478 e. The number of carbonyl (C=O) groups is 2. The summed E-state index contributed by atoms with van der Waals surface area (Å²) >= 11 is 5.90. The molecule has 2 aliphatic heterocycles. The summed E-state index contributed by atoms with van der Waals surface area (Å²) in [6.07, 6.45) is 1.47. The van der Waals surface area contributed by atoms with Crippen molar-refractivity contribution in [3.8, 4) is 0 Å². The number of hydrogen-bond donors (Lipinski definition) is 2. The lowest BCUT2D eigenvalue weighted by atomic mass is 9.80. The van der Waals surface area contributed by atoms with Gasteiger partial charge in [-0.3, -0.25) is 0 Å². The standard InChI is InChI=1S/C17H16ClNO4/c1-9-13(16(20)21)14(10-4-6-11(18)7-5-10)15(17(22)23)12-3-2-8-19(9)12/h4-7,14H,2-3,8H2,1H3,(H,20,21)(H,22,23). The number of halogens is 1. The molecule has 0 radical (unpaired) electrons. The van der Waals surface area contributed by atoms with Gasteiger partial charge in [0, 0.05) is 23.0 Å². The Morgan fingerprint density at radius 2 is 1.74 bits per heavy atom. The largest absolute Gasteiger partial charge is 0.478 e. The molecule has 23 heavy (non-hydrogen) atoms. The predicted molar refractivity (Wildman–Crippen MR) is 85.1 cm³/mol. The van der Waals surface area contributed by atoms with Gasteiger partial charge in [0.25, 0.3) is 0 Å². The van der Waals surface area contributed by atoms with Gasteiger partial charge in [-0.1, -0.05) is 23.7 Å². The average Bonchev–Trinajstić information content (AvgIpc) is 2.96. The van der Waals surface area contributed by atoms with E-state index in [9.17, 15) is 19.8 Å². The van der Waals surface area contributed by atoms with E-state index in [2.05, 4.69) is 0 Å². The Kier molecular flexibility index (Phi) is 3.90. The van der Waals surface area contributed by atoms with Gasteiger partial charge >= 0.3 is 11.9 Å². The Bertz CT molecular complexity index is 748. The van der Waals surface area contributed by atoms with E-state index in [1.807, 2.05) is 4.90 Å². The normalized spacial score (nSPS) is 20.8. The quantitative estimate of drug-likeness (QED) is 0.888. The Labute approximate surface area is 138 Å². The van der Waals surface area contributed by atoms with Crippen molar-refractivity contribution < 1.29 is 19.8 Å². The van der Waals surface area contributed by atoms with Crippen LogP contribution in [0.2, 0.25) is 5.02 Å². The van der Waals surface area contributed by atoms with Crippen LogP contribution in [0.3, 0.4) is 0 Å². The Balaban J connectivity index is 2.25. The van der Waals surface area contributed by atoms with Gasteiger partial charge in [-0.25, -0.2) is 9.59 Å². The summed E-state index contributed by atoms with van der Waals surface area (Å²) < 4.78 is 0. The van der Waals surface area contributed by atoms with Crippen LogP contribution in [0.25, 0.3) is 0 Å². The highest BCUT2D eigenvalue weighted by Gasteiger charge is 2.41. The highest BCUT2D eigenvalue weighted by Crippen LogP contribution is 2.45. The molecular weight excluding hydrogens is 318 g/mol. The second-order valence-corrected chi connectivity index (χ2v) is 6.15. The van der Waals surface area contributed by atoms with Crippen LogP contribution in [0.15, 0.2) is 46.8 Å². The van der Waals surface area contributed by atoms with Gasteiger partial charge < -0.3 is 15.1 Å². The van der Waals surface area contributed by atoms with Crippen LogP contribution in [0.4, 0.5) is 0 Å². The first kappa shape index (κ1) is 15.6. The monoisotopic (exact) mass is 333 g/mol. The average molecular weight is 334 g/mol. The molecule has 1 aromatic rings. The first-order valence-corrected chi connectivity index (χ1v) is 7.73. The number of nitrogens with zero attached hydrogens (tertiary/aromatic N) is 1. The summed E-state index contributed by atoms with van der Waals surface area (Å²) in [5.74, 6) is -2.95. The minimum absolute atomic E-state index is 0.121. The van der Waals surface area contributed by atoms with Crippen LogP contribution in [0, 0.1) is 0 Å². The highest BCUT2D eigenvalue weighted by atomic mass is 35.5. The number of benzene rings is 1. The molecular formula is C17H16ClNO4. The molecule has 1 fully saturated rings. The van der Waals surface area contributed by atoms with Gasteiger partial charge in [0.2, 0.25) is 0 Å². The van der Waals surface area contributed by atoms with E-state index in [1.54, 1.807) is 31.2 Å². The van der Waals surface area contributed by atoms with Crippen molar-refractivity contribution in [3.63, 3.8) is 0 Å². The number of aliphatic carboxylic acids is 2. The third-order valence-corrected chi connectivity index (χ3v) is 4.72. The third kappa shape index (κ3) is 2.51. The molecule has 6 heteroatoms. The van der Waals surface area contributed by atoms with Crippen molar-refractivity contribution in [2.45, 2.75) is 25.7 Å². The zero-order valence-electron chi connectivity index (χ0n) is 12.5. The molecule has 0 spiro atoms.